The molecular formula is C11H13ClN4O2. The molecule has 96 valence electrons. The minimum atomic E-state index is -0.144. The van der Waals surface area contributed by atoms with Gasteiger partial charge in [-0.1, -0.05) is 16.8 Å². The molecule has 18 heavy (non-hydrogen) atoms. The van der Waals surface area contributed by atoms with Gasteiger partial charge in [0.1, 0.15) is 5.76 Å². The molecule has 0 atom stereocenters. The van der Waals surface area contributed by atoms with E-state index in [0.29, 0.717) is 29.6 Å². The minimum Gasteiger partial charge on any atom is -0.360 e. The third-order valence-electron chi connectivity index (χ3n) is 2.49. The van der Waals surface area contributed by atoms with E-state index in [4.69, 9.17) is 16.1 Å². The predicted molar refractivity (Wildman–Crippen MR) is 66.5 cm³/mol. The number of amides is 1. The summed E-state index contributed by atoms with van der Waals surface area (Å²) in [7, 11) is 0. The Bertz CT molecular complexity index is 561. The Labute approximate surface area is 109 Å². The van der Waals surface area contributed by atoms with E-state index < -0.39 is 0 Å². The summed E-state index contributed by atoms with van der Waals surface area (Å²) in [5.41, 5.74) is 0.849. The maximum absolute atomic E-state index is 11.6. The van der Waals surface area contributed by atoms with Crippen LogP contribution in [-0.2, 0) is 11.3 Å². The fourth-order valence-corrected chi connectivity index (χ4v) is 1.63. The summed E-state index contributed by atoms with van der Waals surface area (Å²) in [5, 5.41) is 11.0. The van der Waals surface area contributed by atoms with E-state index in [1.165, 1.54) is 0 Å². The third-order valence-corrected chi connectivity index (χ3v) is 2.86. The van der Waals surface area contributed by atoms with Gasteiger partial charge >= 0.3 is 0 Å². The molecule has 1 N–H and O–H groups in total. The van der Waals surface area contributed by atoms with Crippen molar-refractivity contribution in [3.63, 3.8) is 0 Å². The Morgan fingerprint density at radius 1 is 1.56 bits per heavy atom. The van der Waals surface area contributed by atoms with Crippen LogP contribution in [0.3, 0.4) is 0 Å². The van der Waals surface area contributed by atoms with Crippen LogP contribution in [0.2, 0.25) is 5.02 Å². The number of hydrogen-bond acceptors (Lipinski definition) is 4. The lowest BCUT2D eigenvalue weighted by Crippen LogP contribution is -2.15. The molecule has 0 aliphatic heterocycles. The van der Waals surface area contributed by atoms with Gasteiger partial charge in [-0.2, -0.15) is 5.10 Å². The lowest BCUT2D eigenvalue weighted by Gasteiger charge is -2.04. The maximum Gasteiger partial charge on any atom is 0.227 e. The zero-order chi connectivity index (χ0) is 13.1. The fourth-order valence-electron chi connectivity index (χ4n) is 1.49. The molecule has 0 unspecified atom stereocenters. The third kappa shape index (κ3) is 2.89. The van der Waals surface area contributed by atoms with Gasteiger partial charge in [0.2, 0.25) is 5.91 Å². The van der Waals surface area contributed by atoms with Crippen molar-refractivity contribution in [2.24, 2.45) is 0 Å². The van der Waals surface area contributed by atoms with Crippen molar-refractivity contribution in [2.75, 3.05) is 5.32 Å². The van der Waals surface area contributed by atoms with Crippen molar-refractivity contribution in [1.29, 1.82) is 0 Å². The van der Waals surface area contributed by atoms with Crippen molar-refractivity contribution < 1.29 is 9.32 Å². The lowest BCUT2D eigenvalue weighted by atomic mass is 10.3. The highest BCUT2D eigenvalue weighted by Crippen LogP contribution is 2.13. The van der Waals surface area contributed by atoms with E-state index in [0.717, 1.165) is 5.69 Å². The Morgan fingerprint density at radius 2 is 2.33 bits per heavy atom. The number of hydrogen-bond donors (Lipinski definition) is 1. The highest BCUT2D eigenvalue weighted by molar-refractivity contribution is 6.31. The highest BCUT2D eigenvalue weighted by atomic mass is 35.5. The van der Waals surface area contributed by atoms with E-state index >= 15 is 0 Å². The number of aryl methyl sites for hydroxylation is 2. The van der Waals surface area contributed by atoms with Gasteiger partial charge in [0.25, 0.3) is 0 Å². The van der Waals surface area contributed by atoms with Gasteiger partial charge in [-0.25, -0.2) is 0 Å². The Balaban J connectivity index is 1.87. The van der Waals surface area contributed by atoms with Crippen LogP contribution in [-0.4, -0.2) is 20.8 Å². The molecule has 0 bridgehead atoms. The van der Waals surface area contributed by atoms with Crippen molar-refractivity contribution in [3.05, 3.63) is 28.7 Å². The van der Waals surface area contributed by atoms with Crippen LogP contribution in [0, 0.1) is 13.8 Å². The summed E-state index contributed by atoms with van der Waals surface area (Å²) in [5.74, 6) is 0.932. The Hall–Kier alpha value is -1.82. The SMILES string of the molecule is Cc1cc(NC(=O)CCn2ncc(Cl)c2C)no1. The van der Waals surface area contributed by atoms with E-state index in [-0.39, 0.29) is 5.91 Å². The summed E-state index contributed by atoms with van der Waals surface area (Å²) in [6.45, 7) is 4.09. The standard InChI is InChI=1S/C11H13ClN4O2/c1-7-5-10(15-18-7)14-11(17)3-4-16-8(2)9(12)6-13-16/h5-6H,3-4H2,1-2H3,(H,14,15,17). The number of halogens is 1. The first-order valence-electron chi connectivity index (χ1n) is 5.47. The highest BCUT2D eigenvalue weighted by Gasteiger charge is 2.08. The van der Waals surface area contributed by atoms with Crippen LogP contribution < -0.4 is 5.32 Å². The molecule has 6 nitrogen and oxygen atoms in total. The minimum absolute atomic E-state index is 0.144. The van der Waals surface area contributed by atoms with Crippen LogP contribution in [0.15, 0.2) is 16.8 Å². The molecular weight excluding hydrogens is 256 g/mol. The van der Waals surface area contributed by atoms with Gasteiger partial charge in [0, 0.05) is 12.5 Å². The molecule has 1 amide bonds. The molecule has 2 heterocycles. The van der Waals surface area contributed by atoms with Crippen molar-refractivity contribution >= 4 is 23.3 Å². The largest absolute Gasteiger partial charge is 0.360 e. The van der Waals surface area contributed by atoms with Gasteiger partial charge in [-0.3, -0.25) is 9.48 Å². The Kier molecular flexibility index (Phi) is 3.66. The molecule has 0 aliphatic rings. The normalized spacial score (nSPS) is 10.6. The van der Waals surface area contributed by atoms with Gasteiger partial charge < -0.3 is 9.84 Å². The summed E-state index contributed by atoms with van der Waals surface area (Å²) >= 11 is 5.87. The zero-order valence-electron chi connectivity index (χ0n) is 10.1. The Morgan fingerprint density at radius 3 is 2.89 bits per heavy atom. The molecule has 0 aromatic carbocycles. The first-order valence-corrected chi connectivity index (χ1v) is 5.85. The molecule has 0 saturated carbocycles. The number of carbonyl (C=O) groups is 1. The molecule has 7 heteroatoms. The molecule has 0 aliphatic carbocycles. The van der Waals surface area contributed by atoms with Crippen LogP contribution in [0.1, 0.15) is 17.9 Å². The molecule has 2 aromatic rings. The van der Waals surface area contributed by atoms with Crippen molar-refractivity contribution in [2.45, 2.75) is 26.8 Å². The maximum atomic E-state index is 11.6. The van der Waals surface area contributed by atoms with Crippen LogP contribution >= 0.6 is 11.6 Å². The summed E-state index contributed by atoms with van der Waals surface area (Å²) in [6.07, 6.45) is 1.86. The van der Waals surface area contributed by atoms with Gasteiger partial charge in [0.05, 0.1) is 23.5 Å². The van der Waals surface area contributed by atoms with Gasteiger partial charge in [-0.15, -0.1) is 0 Å². The van der Waals surface area contributed by atoms with Gasteiger partial charge in [0.15, 0.2) is 5.82 Å². The van der Waals surface area contributed by atoms with Crippen molar-refractivity contribution in [1.82, 2.24) is 14.9 Å². The summed E-state index contributed by atoms with van der Waals surface area (Å²) in [4.78, 5) is 11.6. The second-order valence-electron chi connectivity index (χ2n) is 3.92. The first-order chi connectivity index (χ1) is 8.56. The van der Waals surface area contributed by atoms with Crippen LogP contribution in [0.25, 0.3) is 0 Å². The fraction of sp³-hybridized carbons (Fsp3) is 0.364. The monoisotopic (exact) mass is 268 g/mol. The smallest absolute Gasteiger partial charge is 0.227 e. The number of anilines is 1. The van der Waals surface area contributed by atoms with Crippen molar-refractivity contribution in [3.8, 4) is 0 Å². The van der Waals surface area contributed by atoms with Crippen LogP contribution in [0.5, 0.6) is 0 Å². The summed E-state index contributed by atoms with van der Waals surface area (Å²) in [6, 6.07) is 1.66. The lowest BCUT2D eigenvalue weighted by molar-refractivity contribution is -0.116. The zero-order valence-corrected chi connectivity index (χ0v) is 10.9. The van der Waals surface area contributed by atoms with Gasteiger partial charge in [-0.05, 0) is 13.8 Å². The predicted octanol–water partition coefficient (Wildman–Crippen LogP) is 2.17. The molecule has 2 rings (SSSR count). The quantitative estimate of drug-likeness (QED) is 0.922. The van der Waals surface area contributed by atoms with E-state index in [1.807, 2.05) is 6.92 Å². The number of nitrogens with zero attached hydrogens (tertiary/aromatic N) is 3. The number of rotatable bonds is 4. The van der Waals surface area contributed by atoms with E-state index in [2.05, 4.69) is 15.6 Å². The average molecular weight is 269 g/mol. The second kappa shape index (κ2) is 5.22. The van der Waals surface area contributed by atoms with E-state index in [9.17, 15) is 4.79 Å². The molecule has 0 saturated heterocycles. The number of aromatic nitrogens is 3. The molecule has 0 spiro atoms. The van der Waals surface area contributed by atoms with Crippen LogP contribution in [0.4, 0.5) is 5.82 Å². The molecule has 2 aromatic heterocycles. The summed E-state index contributed by atoms with van der Waals surface area (Å²) < 4.78 is 6.54. The second-order valence-corrected chi connectivity index (χ2v) is 4.33. The number of carbonyl (C=O) groups excluding carboxylic acids is 1. The first kappa shape index (κ1) is 12.6. The number of nitrogens with one attached hydrogen (secondary N) is 1. The van der Waals surface area contributed by atoms with E-state index in [1.54, 1.807) is 23.9 Å². The topological polar surface area (TPSA) is 73.0 Å². The average Bonchev–Trinajstić information content (AvgIpc) is 2.86. The molecule has 0 radical (unpaired) electrons. The molecule has 0 fully saturated rings.